The molecule has 3 rings (SSSR count). The lowest BCUT2D eigenvalue weighted by molar-refractivity contribution is -0.121. The third kappa shape index (κ3) is 6.53. The molecule has 0 bridgehead atoms. The third-order valence-electron chi connectivity index (χ3n) is 5.72. The van der Waals surface area contributed by atoms with Crippen molar-refractivity contribution in [1.82, 2.24) is 5.32 Å². The minimum Gasteiger partial charge on any atom is -0.490 e. The summed E-state index contributed by atoms with van der Waals surface area (Å²) in [6.45, 7) is 0. The third-order valence-corrected chi connectivity index (χ3v) is 5.72. The van der Waals surface area contributed by atoms with E-state index in [1.54, 1.807) is 6.08 Å². The first-order chi connectivity index (χ1) is 13.2. The van der Waals surface area contributed by atoms with Crippen LogP contribution in [-0.2, 0) is 9.59 Å². The molecule has 4 heteroatoms. The van der Waals surface area contributed by atoms with Gasteiger partial charge in [-0.05, 0) is 61.8 Å². The Kier molecular flexibility index (Phi) is 7.49. The molecule has 0 radical (unpaired) electrons. The van der Waals surface area contributed by atoms with Crippen LogP contribution in [0.5, 0.6) is 5.75 Å². The number of benzene rings is 1. The molecule has 1 amide bonds. The van der Waals surface area contributed by atoms with Gasteiger partial charge in [0, 0.05) is 6.42 Å². The van der Waals surface area contributed by atoms with Crippen molar-refractivity contribution in [3.63, 3.8) is 0 Å². The summed E-state index contributed by atoms with van der Waals surface area (Å²) >= 11 is 0. The normalized spacial score (nSPS) is 19.0. The monoisotopic (exact) mass is 369 g/mol. The second-order valence-corrected chi connectivity index (χ2v) is 7.90. The quantitative estimate of drug-likeness (QED) is 0.517. The molecular weight excluding hydrogens is 338 g/mol. The van der Waals surface area contributed by atoms with Crippen molar-refractivity contribution in [2.24, 2.45) is 5.92 Å². The van der Waals surface area contributed by atoms with E-state index >= 15 is 0 Å². The van der Waals surface area contributed by atoms with Gasteiger partial charge in [-0.1, -0.05) is 44.2 Å². The lowest BCUT2D eigenvalue weighted by Gasteiger charge is -2.23. The summed E-state index contributed by atoms with van der Waals surface area (Å²) in [5, 5.41) is 2.74. The fourth-order valence-corrected chi connectivity index (χ4v) is 4.15. The van der Waals surface area contributed by atoms with Crippen molar-refractivity contribution < 1.29 is 14.3 Å². The molecule has 0 aliphatic heterocycles. The molecule has 1 aromatic carbocycles. The van der Waals surface area contributed by atoms with Gasteiger partial charge in [0.15, 0.2) is 6.29 Å². The average Bonchev–Trinajstić information content (AvgIpc) is 3.22. The second-order valence-electron chi connectivity index (χ2n) is 7.90. The van der Waals surface area contributed by atoms with Crippen molar-refractivity contribution in [3.8, 4) is 5.75 Å². The highest BCUT2D eigenvalue weighted by molar-refractivity contribution is 5.89. The number of hydrogen-bond donors (Lipinski definition) is 1. The Hall–Kier alpha value is -2.10. The minimum absolute atomic E-state index is 0.0718. The highest BCUT2D eigenvalue weighted by atomic mass is 16.5. The van der Waals surface area contributed by atoms with E-state index in [-0.39, 0.29) is 5.91 Å². The van der Waals surface area contributed by atoms with Crippen LogP contribution >= 0.6 is 0 Å². The molecule has 2 aliphatic rings. The van der Waals surface area contributed by atoms with Crippen LogP contribution in [0.25, 0.3) is 6.08 Å². The van der Waals surface area contributed by atoms with E-state index in [0.29, 0.717) is 30.4 Å². The highest BCUT2D eigenvalue weighted by Gasteiger charge is 2.17. The lowest BCUT2D eigenvalue weighted by atomic mass is 9.98. The fraction of sp³-hybridized carbons (Fsp3) is 0.565. The first kappa shape index (κ1) is 19.7. The summed E-state index contributed by atoms with van der Waals surface area (Å²) in [5.74, 6) is 1.47. The van der Waals surface area contributed by atoms with E-state index in [4.69, 9.17) is 4.74 Å². The Balaban J connectivity index is 1.49. The molecule has 2 fully saturated rings. The number of aldehydes is 1. The smallest absolute Gasteiger partial charge is 0.224 e. The molecule has 2 saturated carbocycles. The summed E-state index contributed by atoms with van der Waals surface area (Å²) in [6.07, 6.45) is 15.3. The Morgan fingerprint density at radius 1 is 1.00 bits per heavy atom. The largest absolute Gasteiger partial charge is 0.490 e. The van der Waals surface area contributed by atoms with Crippen LogP contribution in [-0.4, -0.2) is 18.3 Å². The molecule has 1 N–H and O–H groups in total. The van der Waals surface area contributed by atoms with E-state index in [0.717, 1.165) is 30.6 Å². The molecule has 0 atom stereocenters. The van der Waals surface area contributed by atoms with Crippen molar-refractivity contribution in [1.29, 1.82) is 0 Å². The van der Waals surface area contributed by atoms with Crippen molar-refractivity contribution in [2.45, 2.75) is 76.7 Å². The van der Waals surface area contributed by atoms with Gasteiger partial charge in [-0.3, -0.25) is 9.59 Å². The molecule has 1 aromatic rings. The van der Waals surface area contributed by atoms with Crippen molar-refractivity contribution in [3.05, 3.63) is 35.5 Å². The van der Waals surface area contributed by atoms with Gasteiger partial charge in [0.25, 0.3) is 0 Å². The zero-order valence-electron chi connectivity index (χ0n) is 16.1. The lowest BCUT2D eigenvalue weighted by Crippen LogP contribution is -2.23. The highest BCUT2D eigenvalue weighted by Crippen LogP contribution is 2.28. The number of ether oxygens (including phenoxy) is 1. The molecule has 146 valence electrons. The Morgan fingerprint density at radius 2 is 1.67 bits per heavy atom. The number of carbonyl (C=O) groups excluding carboxylic acids is 2. The van der Waals surface area contributed by atoms with Crippen LogP contribution in [0.2, 0.25) is 0 Å². The molecule has 27 heavy (non-hydrogen) atoms. The number of nitrogens with one attached hydrogen (secondary N) is 1. The molecular formula is C23H31NO3. The Bertz CT molecular complexity index is 638. The summed E-state index contributed by atoms with van der Waals surface area (Å²) < 4.78 is 6.03. The summed E-state index contributed by atoms with van der Waals surface area (Å²) in [7, 11) is 0. The summed E-state index contributed by atoms with van der Waals surface area (Å²) in [6, 6.07) is 7.72. The Labute approximate surface area is 162 Å². The molecule has 4 nitrogen and oxygen atoms in total. The predicted octanol–water partition coefficient (Wildman–Crippen LogP) is 5.02. The maximum atomic E-state index is 12.1. The van der Waals surface area contributed by atoms with E-state index in [2.05, 4.69) is 5.32 Å². The van der Waals surface area contributed by atoms with Gasteiger partial charge in [0.1, 0.15) is 5.75 Å². The summed E-state index contributed by atoms with van der Waals surface area (Å²) in [5.41, 5.74) is 1.19. The number of amides is 1. The molecule has 0 aromatic heterocycles. The maximum Gasteiger partial charge on any atom is 0.224 e. The SMILES string of the molecule is O=C/C(=C/c1ccc(OC2CCCCC2)cc1)NC(=O)CCC1CCCC1. The van der Waals surface area contributed by atoms with Gasteiger partial charge in [0.2, 0.25) is 5.91 Å². The van der Waals surface area contributed by atoms with E-state index < -0.39 is 0 Å². The molecule has 0 saturated heterocycles. The van der Waals surface area contributed by atoms with Crippen molar-refractivity contribution in [2.75, 3.05) is 0 Å². The van der Waals surface area contributed by atoms with Crippen LogP contribution < -0.4 is 10.1 Å². The average molecular weight is 370 g/mol. The van der Waals surface area contributed by atoms with Gasteiger partial charge in [0.05, 0.1) is 11.8 Å². The first-order valence-electron chi connectivity index (χ1n) is 10.5. The van der Waals surface area contributed by atoms with Gasteiger partial charge >= 0.3 is 0 Å². The number of hydrogen-bond acceptors (Lipinski definition) is 3. The van der Waals surface area contributed by atoms with Gasteiger partial charge in [-0.2, -0.15) is 0 Å². The van der Waals surface area contributed by atoms with Gasteiger partial charge < -0.3 is 10.1 Å². The predicted molar refractivity (Wildman–Crippen MR) is 107 cm³/mol. The van der Waals surface area contributed by atoms with E-state index in [1.807, 2.05) is 24.3 Å². The number of allylic oxidation sites excluding steroid dienone is 1. The minimum atomic E-state index is -0.0718. The van der Waals surface area contributed by atoms with E-state index in [1.165, 1.54) is 44.9 Å². The van der Waals surface area contributed by atoms with Crippen LogP contribution in [0, 0.1) is 5.92 Å². The van der Waals surface area contributed by atoms with Gasteiger partial charge in [-0.25, -0.2) is 0 Å². The maximum absolute atomic E-state index is 12.1. The van der Waals surface area contributed by atoms with Crippen LogP contribution in [0.3, 0.4) is 0 Å². The van der Waals surface area contributed by atoms with Crippen LogP contribution in [0.1, 0.15) is 76.2 Å². The number of carbonyl (C=O) groups is 2. The Morgan fingerprint density at radius 3 is 2.33 bits per heavy atom. The second kappa shape index (κ2) is 10.3. The van der Waals surface area contributed by atoms with Crippen LogP contribution in [0.15, 0.2) is 30.0 Å². The molecule has 0 spiro atoms. The molecule has 0 unspecified atom stereocenters. The zero-order chi connectivity index (χ0) is 18.9. The summed E-state index contributed by atoms with van der Waals surface area (Å²) in [4.78, 5) is 23.4. The van der Waals surface area contributed by atoms with Crippen LogP contribution in [0.4, 0.5) is 0 Å². The molecule has 2 aliphatic carbocycles. The standard InChI is InChI=1S/C23H31NO3/c25-17-20(24-23(26)15-12-18-6-4-5-7-18)16-19-10-13-22(14-11-19)27-21-8-2-1-3-9-21/h10-11,13-14,16-18,21H,1-9,12,15H2,(H,24,26)/b20-16-. The van der Waals surface area contributed by atoms with Gasteiger partial charge in [-0.15, -0.1) is 0 Å². The first-order valence-corrected chi connectivity index (χ1v) is 10.5. The zero-order valence-corrected chi connectivity index (χ0v) is 16.1. The fourth-order valence-electron chi connectivity index (χ4n) is 4.15. The van der Waals surface area contributed by atoms with E-state index in [9.17, 15) is 9.59 Å². The molecule has 0 heterocycles. The topological polar surface area (TPSA) is 55.4 Å². The van der Waals surface area contributed by atoms with Crippen molar-refractivity contribution >= 4 is 18.3 Å². The number of rotatable bonds is 8.